The van der Waals surface area contributed by atoms with Gasteiger partial charge in [0.05, 0.1) is 0 Å². The monoisotopic (exact) mass is 168 g/mol. The maximum atomic E-state index is 11.2. The first-order chi connectivity index (χ1) is 5.61. The summed E-state index contributed by atoms with van der Waals surface area (Å²) in [5.74, 6) is 0.180. The van der Waals surface area contributed by atoms with Gasteiger partial charge in [-0.1, -0.05) is 26.2 Å². The van der Waals surface area contributed by atoms with Gasteiger partial charge in [0.25, 0.3) is 0 Å². The van der Waals surface area contributed by atoms with Gasteiger partial charge in [-0.3, -0.25) is 9.59 Å². The van der Waals surface area contributed by atoms with E-state index >= 15 is 0 Å². The van der Waals surface area contributed by atoms with E-state index in [2.05, 4.69) is 0 Å². The third-order valence-corrected chi connectivity index (χ3v) is 2.71. The zero-order valence-electron chi connectivity index (χ0n) is 7.80. The molecule has 1 fully saturated rings. The average Bonchev–Trinajstić information content (AvgIpc) is 1.94. The Labute approximate surface area is 73.3 Å². The van der Waals surface area contributed by atoms with Crippen LogP contribution in [0.5, 0.6) is 0 Å². The molecular formula is C10H16O2. The molecule has 1 rings (SSSR count). The van der Waals surface area contributed by atoms with Crippen LogP contribution >= 0.6 is 0 Å². The molecule has 0 bridgehead atoms. The largest absolute Gasteiger partial charge is 0.291 e. The molecule has 0 aromatic carbocycles. The zero-order chi connectivity index (χ0) is 9.14. The van der Waals surface area contributed by atoms with E-state index in [4.69, 9.17) is 0 Å². The fourth-order valence-electron chi connectivity index (χ4n) is 1.68. The molecule has 0 N–H and O–H groups in total. The highest BCUT2D eigenvalue weighted by molar-refractivity contribution is 6.36. The number of ketones is 2. The van der Waals surface area contributed by atoms with Crippen LogP contribution < -0.4 is 0 Å². The second-order valence-electron chi connectivity index (χ2n) is 3.85. The Morgan fingerprint density at radius 1 is 1.42 bits per heavy atom. The van der Waals surface area contributed by atoms with E-state index in [9.17, 15) is 9.59 Å². The molecule has 0 radical (unpaired) electrons. The van der Waals surface area contributed by atoms with E-state index in [0.29, 0.717) is 5.92 Å². The molecule has 1 aliphatic rings. The van der Waals surface area contributed by atoms with Gasteiger partial charge in [-0.25, -0.2) is 0 Å². The molecule has 68 valence electrons. The Hall–Kier alpha value is -0.660. The van der Waals surface area contributed by atoms with Crippen molar-refractivity contribution in [3.63, 3.8) is 0 Å². The molecule has 0 spiro atoms. The highest BCUT2D eigenvalue weighted by Gasteiger charge is 2.24. The van der Waals surface area contributed by atoms with Crippen molar-refractivity contribution in [3.05, 3.63) is 0 Å². The molecular weight excluding hydrogens is 152 g/mol. The first-order valence-electron chi connectivity index (χ1n) is 4.66. The van der Waals surface area contributed by atoms with E-state index < -0.39 is 0 Å². The SMILES string of the molecule is CC(=O)C(=O)C(C)CC1CCC1. The minimum atomic E-state index is -0.290. The molecule has 1 aliphatic carbocycles. The highest BCUT2D eigenvalue weighted by atomic mass is 16.2. The first kappa shape index (κ1) is 9.43. The fraction of sp³-hybridized carbons (Fsp3) is 0.800. The Morgan fingerprint density at radius 2 is 2.00 bits per heavy atom. The lowest BCUT2D eigenvalue weighted by Gasteiger charge is -2.27. The summed E-state index contributed by atoms with van der Waals surface area (Å²) in [5.41, 5.74) is 0. The topological polar surface area (TPSA) is 34.1 Å². The fourth-order valence-corrected chi connectivity index (χ4v) is 1.68. The van der Waals surface area contributed by atoms with Crippen LogP contribution in [0.25, 0.3) is 0 Å². The lowest BCUT2D eigenvalue weighted by Crippen LogP contribution is -2.24. The number of hydrogen-bond donors (Lipinski definition) is 0. The maximum Gasteiger partial charge on any atom is 0.200 e. The van der Waals surface area contributed by atoms with Gasteiger partial charge in [0.1, 0.15) is 0 Å². The van der Waals surface area contributed by atoms with Crippen molar-refractivity contribution < 1.29 is 9.59 Å². The third kappa shape index (κ3) is 2.16. The van der Waals surface area contributed by atoms with Crippen LogP contribution in [0.15, 0.2) is 0 Å². The molecule has 0 saturated heterocycles. The second-order valence-corrected chi connectivity index (χ2v) is 3.85. The van der Waals surface area contributed by atoms with Crippen molar-refractivity contribution in [2.24, 2.45) is 11.8 Å². The van der Waals surface area contributed by atoms with Crippen molar-refractivity contribution in [1.29, 1.82) is 0 Å². The number of Topliss-reactive ketones (excluding diaryl/α,β-unsaturated/α-hetero) is 2. The molecule has 0 aromatic heterocycles. The van der Waals surface area contributed by atoms with Crippen LogP contribution in [-0.2, 0) is 9.59 Å². The van der Waals surface area contributed by atoms with Crippen molar-refractivity contribution in [1.82, 2.24) is 0 Å². The predicted molar refractivity (Wildman–Crippen MR) is 46.8 cm³/mol. The Bertz CT molecular complexity index is 192. The van der Waals surface area contributed by atoms with Gasteiger partial charge >= 0.3 is 0 Å². The molecule has 1 unspecified atom stereocenters. The lowest BCUT2D eigenvalue weighted by atomic mass is 9.78. The Kier molecular flexibility index (Phi) is 3.01. The smallest absolute Gasteiger partial charge is 0.200 e. The second kappa shape index (κ2) is 3.83. The van der Waals surface area contributed by atoms with Crippen LogP contribution in [0.2, 0.25) is 0 Å². The molecule has 0 aromatic rings. The van der Waals surface area contributed by atoms with Gasteiger partial charge in [0, 0.05) is 12.8 Å². The summed E-state index contributed by atoms with van der Waals surface area (Å²) in [6, 6.07) is 0. The zero-order valence-corrected chi connectivity index (χ0v) is 7.80. The van der Waals surface area contributed by atoms with Gasteiger partial charge in [-0.15, -0.1) is 0 Å². The van der Waals surface area contributed by atoms with Crippen LogP contribution in [0, 0.1) is 11.8 Å². The summed E-state index contributed by atoms with van der Waals surface area (Å²) in [4.78, 5) is 21.9. The molecule has 0 aliphatic heterocycles. The summed E-state index contributed by atoms with van der Waals surface area (Å²) in [6.07, 6.45) is 4.70. The van der Waals surface area contributed by atoms with Gasteiger partial charge < -0.3 is 0 Å². The number of carbonyl (C=O) groups is 2. The average molecular weight is 168 g/mol. The Balaban J connectivity index is 2.31. The maximum absolute atomic E-state index is 11.2. The minimum absolute atomic E-state index is 0.0483. The van der Waals surface area contributed by atoms with E-state index in [1.807, 2.05) is 6.92 Å². The van der Waals surface area contributed by atoms with Gasteiger partial charge in [0.15, 0.2) is 5.78 Å². The van der Waals surface area contributed by atoms with Crippen molar-refractivity contribution in [2.45, 2.75) is 39.5 Å². The Morgan fingerprint density at radius 3 is 2.33 bits per heavy atom. The van der Waals surface area contributed by atoms with Crippen molar-refractivity contribution >= 4 is 11.6 Å². The van der Waals surface area contributed by atoms with Crippen LogP contribution in [0.1, 0.15) is 39.5 Å². The molecule has 2 nitrogen and oxygen atoms in total. The summed E-state index contributed by atoms with van der Waals surface area (Å²) in [5, 5.41) is 0. The summed E-state index contributed by atoms with van der Waals surface area (Å²) in [6.45, 7) is 3.22. The molecule has 0 heterocycles. The summed E-state index contributed by atoms with van der Waals surface area (Å²) in [7, 11) is 0. The predicted octanol–water partition coefficient (Wildman–Crippen LogP) is 1.97. The third-order valence-electron chi connectivity index (χ3n) is 2.71. The van der Waals surface area contributed by atoms with Crippen molar-refractivity contribution in [2.75, 3.05) is 0 Å². The molecule has 12 heavy (non-hydrogen) atoms. The molecule has 2 heteroatoms. The number of rotatable bonds is 4. The van der Waals surface area contributed by atoms with Gasteiger partial charge in [-0.2, -0.15) is 0 Å². The number of carbonyl (C=O) groups excluding carboxylic acids is 2. The molecule has 1 atom stereocenters. The summed E-state index contributed by atoms with van der Waals surface area (Å²) >= 11 is 0. The van der Waals surface area contributed by atoms with Crippen molar-refractivity contribution in [3.8, 4) is 0 Å². The first-order valence-corrected chi connectivity index (χ1v) is 4.66. The minimum Gasteiger partial charge on any atom is -0.291 e. The van der Waals surface area contributed by atoms with E-state index in [0.717, 1.165) is 6.42 Å². The normalized spacial score (nSPS) is 19.8. The highest BCUT2D eigenvalue weighted by Crippen LogP contribution is 2.32. The number of hydrogen-bond acceptors (Lipinski definition) is 2. The molecule has 1 saturated carbocycles. The molecule has 0 amide bonds. The lowest BCUT2D eigenvalue weighted by molar-refractivity contribution is -0.137. The summed E-state index contributed by atoms with van der Waals surface area (Å²) < 4.78 is 0. The van der Waals surface area contributed by atoms with Crippen LogP contribution in [0.3, 0.4) is 0 Å². The van der Waals surface area contributed by atoms with Gasteiger partial charge in [-0.05, 0) is 12.3 Å². The van der Waals surface area contributed by atoms with Gasteiger partial charge in [0.2, 0.25) is 5.78 Å². The standard InChI is InChI=1S/C10H16O2/c1-7(10(12)8(2)11)6-9-4-3-5-9/h7,9H,3-6H2,1-2H3. The van der Waals surface area contributed by atoms with Crippen LogP contribution in [0.4, 0.5) is 0 Å². The van der Waals surface area contributed by atoms with Crippen LogP contribution in [-0.4, -0.2) is 11.6 Å². The van der Waals surface area contributed by atoms with E-state index in [1.54, 1.807) is 0 Å². The van der Waals surface area contributed by atoms with E-state index in [1.165, 1.54) is 26.2 Å². The van der Waals surface area contributed by atoms with E-state index in [-0.39, 0.29) is 17.5 Å². The quantitative estimate of drug-likeness (QED) is 0.601.